The molecule has 0 saturated heterocycles. The molecule has 0 unspecified atom stereocenters. The number of furan rings is 1. The molecule has 4 nitrogen and oxygen atoms in total. The van der Waals surface area contributed by atoms with Crippen LogP contribution in [-0.2, 0) is 0 Å². The molecule has 0 aliphatic heterocycles. The van der Waals surface area contributed by atoms with Crippen LogP contribution in [0, 0.1) is 0 Å². The Hall–Kier alpha value is -7.95. The van der Waals surface area contributed by atoms with Crippen molar-refractivity contribution < 1.29 is 4.42 Å². The molecule has 0 aliphatic rings. The molecule has 2 heterocycles. The van der Waals surface area contributed by atoms with Gasteiger partial charge in [-0.25, -0.2) is 15.0 Å². The fraction of sp³-hybridized carbons (Fsp3) is 0. The van der Waals surface area contributed by atoms with E-state index in [0.717, 1.165) is 55.1 Å². The SMILES string of the molecule is c1ccc(-c2nc(-c3cc4ccc5cccc6c7cccc8ccc9cccc(c(c3)c4c56)c9c87)nc(-c3ccccc3-c3cccc4c3oc3ccccc34)n2)cc1. The average molecular weight is 750 g/mol. The molecule has 0 amide bonds. The van der Waals surface area contributed by atoms with E-state index >= 15 is 0 Å². The van der Waals surface area contributed by atoms with Gasteiger partial charge in [0.25, 0.3) is 0 Å². The van der Waals surface area contributed by atoms with Crippen LogP contribution >= 0.6 is 0 Å². The van der Waals surface area contributed by atoms with Gasteiger partial charge in [-0.3, -0.25) is 0 Å². The van der Waals surface area contributed by atoms with E-state index in [-0.39, 0.29) is 0 Å². The zero-order valence-corrected chi connectivity index (χ0v) is 31.6. The molecule has 0 N–H and O–H groups in total. The molecule has 13 aromatic rings. The van der Waals surface area contributed by atoms with Crippen molar-refractivity contribution in [2.24, 2.45) is 0 Å². The van der Waals surface area contributed by atoms with E-state index in [1.165, 1.54) is 59.2 Å². The van der Waals surface area contributed by atoms with Gasteiger partial charge in [0.05, 0.1) is 0 Å². The molecule has 11 aromatic carbocycles. The van der Waals surface area contributed by atoms with Crippen LogP contribution in [0.1, 0.15) is 0 Å². The van der Waals surface area contributed by atoms with Crippen molar-refractivity contribution in [3.8, 4) is 45.3 Å². The maximum absolute atomic E-state index is 6.55. The van der Waals surface area contributed by atoms with E-state index in [9.17, 15) is 0 Å². The van der Waals surface area contributed by atoms with Crippen molar-refractivity contribution in [1.29, 1.82) is 0 Å². The summed E-state index contributed by atoms with van der Waals surface area (Å²) < 4.78 is 6.55. The van der Waals surface area contributed by atoms with Crippen molar-refractivity contribution in [2.75, 3.05) is 0 Å². The van der Waals surface area contributed by atoms with Crippen LogP contribution in [0.2, 0.25) is 0 Å². The Labute approximate surface area is 338 Å². The predicted molar refractivity (Wildman–Crippen MR) is 245 cm³/mol. The highest BCUT2D eigenvalue weighted by Crippen LogP contribution is 2.45. The van der Waals surface area contributed by atoms with Gasteiger partial charge >= 0.3 is 0 Å². The number of para-hydroxylation sites is 2. The molecule has 0 atom stereocenters. The van der Waals surface area contributed by atoms with Gasteiger partial charge in [-0.2, -0.15) is 0 Å². The lowest BCUT2D eigenvalue weighted by Gasteiger charge is -2.17. The third kappa shape index (κ3) is 4.75. The van der Waals surface area contributed by atoms with E-state index in [1.54, 1.807) is 0 Å². The van der Waals surface area contributed by atoms with Gasteiger partial charge < -0.3 is 4.42 Å². The summed E-state index contributed by atoms with van der Waals surface area (Å²) in [7, 11) is 0. The topological polar surface area (TPSA) is 51.8 Å². The Balaban J connectivity index is 1.13. The average Bonchev–Trinajstić information content (AvgIpc) is 3.69. The van der Waals surface area contributed by atoms with Crippen LogP contribution in [-0.4, -0.2) is 15.0 Å². The fourth-order valence-corrected chi connectivity index (χ4v) is 9.63. The fourth-order valence-electron chi connectivity index (χ4n) is 9.63. The minimum Gasteiger partial charge on any atom is -0.455 e. The molecule has 0 spiro atoms. The number of fused-ring (bicyclic) bond motifs is 5. The normalized spacial score (nSPS) is 12.1. The third-order valence-corrected chi connectivity index (χ3v) is 12.2. The largest absolute Gasteiger partial charge is 0.455 e. The molecule has 13 rings (SSSR count). The van der Waals surface area contributed by atoms with Crippen LogP contribution in [0.4, 0.5) is 0 Å². The smallest absolute Gasteiger partial charge is 0.164 e. The molecule has 272 valence electrons. The monoisotopic (exact) mass is 749 g/mol. The van der Waals surface area contributed by atoms with E-state index < -0.39 is 0 Å². The second kappa shape index (κ2) is 12.3. The van der Waals surface area contributed by atoms with Gasteiger partial charge in [-0.05, 0) is 88.4 Å². The van der Waals surface area contributed by atoms with Gasteiger partial charge in [0.15, 0.2) is 17.5 Å². The first-order chi connectivity index (χ1) is 29.2. The molecule has 0 radical (unpaired) electrons. The number of hydrogen-bond acceptors (Lipinski definition) is 4. The van der Waals surface area contributed by atoms with Gasteiger partial charge in [-0.15, -0.1) is 0 Å². The minimum atomic E-state index is 0.599. The Morgan fingerprint density at radius 1 is 0.288 bits per heavy atom. The quantitative estimate of drug-likeness (QED) is 0.168. The molecule has 59 heavy (non-hydrogen) atoms. The lowest BCUT2D eigenvalue weighted by molar-refractivity contribution is 0.670. The highest BCUT2D eigenvalue weighted by molar-refractivity contribution is 6.37. The summed E-state index contributed by atoms with van der Waals surface area (Å²) >= 11 is 0. The zero-order valence-electron chi connectivity index (χ0n) is 31.6. The lowest BCUT2D eigenvalue weighted by Crippen LogP contribution is -2.01. The van der Waals surface area contributed by atoms with Crippen molar-refractivity contribution >= 4 is 86.6 Å². The molecule has 0 fully saturated rings. The van der Waals surface area contributed by atoms with Gasteiger partial charge in [0, 0.05) is 33.0 Å². The number of nitrogens with zero attached hydrogens (tertiary/aromatic N) is 3. The molecular formula is C55H31N3O. The highest BCUT2D eigenvalue weighted by Gasteiger charge is 2.21. The summed E-state index contributed by atoms with van der Waals surface area (Å²) in [4.78, 5) is 15.9. The molecule has 2 aromatic heterocycles. The van der Waals surface area contributed by atoms with Crippen LogP contribution in [0.5, 0.6) is 0 Å². The van der Waals surface area contributed by atoms with Crippen molar-refractivity contribution in [3.63, 3.8) is 0 Å². The minimum absolute atomic E-state index is 0.599. The molecule has 0 saturated carbocycles. The molecule has 0 bridgehead atoms. The molecule has 0 aliphatic carbocycles. The van der Waals surface area contributed by atoms with Crippen molar-refractivity contribution in [2.45, 2.75) is 0 Å². The van der Waals surface area contributed by atoms with E-state index in [0.29, 0.717) is 17.5 Å². The summed E-state index contributed by atoms with van der Waals surface area (Å²) in [5, 5.41) is 16.9. The Bertz CT molecular complexity index is 3840. The van der Waals surface area contributed by atoms with E-state index in [2.05, 4.69) is 158 Å². The van der Waals surface area contributed by atoms with Gasteiger partial charge in [0.1, 0.15) is 11.2 Å². The van der Waals surface area contributed by atoms with Crippen molar-refractivity contribution in [3.05, 3.63) is 188 Å². The second-order valence-corrected chi connectivity index (χ2v) is 15.5. The van der Waals surface area contributed by atoms with E-state index in [4.69, 9.17) is 19.4 Å². The highest BCUT2D eigenvalue weighted by atomic mass is 16.3. The van der Waals surface area contributed by atoms with Crippen LogP contribution in [0.25, 0.3) is 132 Å². The third-order valence-electron chi connectivity index (χ3n) is 12.2. The number of aromatic nitrogens is 3. The predicted octanol–water partition coefficient (Wildman–Crippen LogP) is 14.8. The number of rotatable bonds is 4. The summed E-state index contributed by atoms with van der Waals surface area (Å²) in [6.07, 6.45) is 0. The number of hydrogen-bond donors (Lipinski definition) is 0. The maximum Gasteiger partial charge on any atom is 0.164 e. The maximum atomic E-state index is 6.55. The number of benzene rings is 10. The first-order valence-corrected chi connectivity index (χ1v) is 20.0. The summed E-state index contributed by atoms with van der Waals surface area (Å²) in [5.74, 6) is 1.83. The molecular weight excluding hydrogens is 719 g/mol. The van der Waals surface area contributed by atoms with Crippen LogP contribution in [0.15, 0.2) is 192 Å². The summed E-state index contributed by atoms with van der Waals surface area (Å²) in [6.45, 7) is 0. The standard InChI is InChI=1S/C55H31N3O/c1-2-12-35(13-3-1)53-56-54(58-55(57-53)45-19-5-4-17-38(45)43-23-11-24-44-39-18-6-7-25-47(39)59-52(43)44)37-30-36-29-28-34-15-9-21-41-40-20-8-14-32-26-27-33-16-10-22-42(50(33)48(32)40)46(31-37)51(36)49(34)41/h1-31H. The summed E-state index contributed by atoms with van der Waals surface area (Å²) in [6, 6.07) is 66.9. The lowest BCUT2D eigenvalue weighted by atomic mass is 9.87. The van der Waals surface area contributed by atoms with Crippen molar-refractivity contribution in [1.82, 2.24) is 15.0 Å². The van der Waals surface area contributed by atoms with Gasteiger partial charge in [-0.1, -0.05) is 170 Å². The Morgan fingerprint density at radius 3 is 1.49 bits per heavy atom. The first kappa shape index (κ1) is 32.2. The first-order valence-electron chi connectivity index (χ1n) is 20.0. The van der Waals surface area contributed by atoms with Gasteiger partial charge in [0.2, 0.25) is 0 Å². The Morgan fingerprint density at radius 2 is 0.780 bits per heavy atom. The Kier molecular flexibility index (Phi) is 6.69. The van der Waals surface area contributed by atoms with Crippen LogP contribution in [0.3, 0.4) is 0 Å². The summed E-state index contributed by atoms with van der Waals surface area (Å²) in [5.41, 5.74) is 6.45. The zero-order chi connectivity index (χ0) is 38.6. The second-order valence-electron chi connectivity index (χ2n) is 15.5. The van der Waals surface area contributed by atoms with Crippen LogP contribution < -0.4 is 0 Å². The van der Waals surface area contributed by atoms with E-state index in [1.807, 2.05) is 30.3 Å². The molecule has 4 heteroatoms.